The van der Waals surface area contributed by atoms with Gasteiger partial charge in [-0.25, -0.2) is 4.39 Å². The first-order valence-electron chi connectivity index (χ1n) is 10.2. The summed E-state index contributed by atoms with van der Waals surface area (Å²) in [6.45, 7) is 0. The van der Waals surface area contributed by atoms with Crippen molar-refractivity contribution >= 4 is 23.7 Å². The molecule has 0 aromatic heterocycles. The Kier molecular flexibility index (Phi) is 5.98. The average Bonchev–Trinajstić information content (AvgIpc) is 3.09. The highest BCUT2D eigenvalue weighted by Gasteiger charge is 2.47. The number of benzene rings is 3. The van der Waals surface area contributed by atoms with Gasteiger partial charge in [-0.2, -0.15) is 0 Å². The number of hydrazine groups is 1. The van der Waals surface area contributed by atoms with Crippen molar-refractivity contribution in [1.82, 2.24) is 10.7 Å². The van der Waals surface area contributed by atoms with Crippen LogP contribution in [0.5, 0.6) is 0 Å². The summed E-state index contributed by atoms with van der Waals surface area (Å²) in [5.74, 6) is -1.19. The van der Waals surface area contributed by atoms with E-state index >= 15 is 0 Å². The summed E-state index contributed by atoms with van der Waals surface area (Å²) >= 11 is 0. The second kappa shape index (κ2) is 9.01. The van der Waals surface area contributed by atoms with Crippen molar-refractivity contribution in [3.05, 3.63) is 101 Å². The first kappa shape index (κ1) is 21.2. The summed E-state index contributed by atoms with van der Waals surface area (Å²) in [6.07, 6.45) is 1.85. The van der Waals surface area contributed by atoms with Crippen LogP contribution in [-0.4, -0.2) is 42.9 Å². The summed E-state index contributed by atoms with van der Waals surface area (Å²) in [6, 6.07) is 21.4. The van der Waals surface area contributed by atoms with Gasteiger partial charge >= 0.3 is 5.91 Å². The second-order valence-corrected chi connectivity index (χ2v) is 7.81. The summed E-state index contributed by atoms with van der Waals surface area (Å²) in [5.41, 5.74) is 5.99. The fraction of sp³-hybridized carbons (Fsp3) is 0.160. The predicted molar refractivity (Wildman–Crippen MR) is 121 cm³/mol. The number of carbonyl (C=O) groups excluding carboxylic acids is 2. The van der Waals surface area contributed by atoms with Crippen molar-refractivity contribution in [2.24, 2.45) is 0 Å². The molecule has 2 amide bonds. The third-order valence-corrected chi connectivity index (χ3v) is 5.37. The molecule has 0 bridgehead atoms. The molecule has 162 valence electrons. The lowest BCUT2D eigenvalue weighted by Gasteiger charge is -2.15. The van der Waals surface area contributed by atoms with Crippen molar-refractivity contribution in [1.29, 1.82) is 0 Å². The monoisotopic (exact) mass is 431 g/mol. The molecule has 0 radical (unpaired) electrons. The van der Waals surface area contributed by atoms with Crippen LogP contribution in [0.3, 0.4) is 0 Å². The number of nitrogens with one attached hydrogen (secondary N) is 2. The Labute approximate surface area is 186 Å². The van der Waals surface area contributed by atoms with Gasteiger partial charge in [0.05, 0.1) is 0 Å². The van der Waals surface area contributed by atoms with Gasteiger partial charge in [0.15, 0.2) is 6.04 Å². The Morgan fingerprint density at radius 2 is 1.66 bits per heavy atom. The van der Waals surface area contributed by atoms with Crippen LogP contribution in [0.2, 0.25) is 0 Å². The quantitative estimate of drug-likeness (QED) is 0.611. The van der Waals surface area contributed by atoms with Gasteiger partial charge in [-0.05, 0) is 48.5 Å². The third-order valence-electron chi connectivity index (χ3n) is 5.37. The molecule has 32 heavy (non-hydrogen) atoms. The smallest absolute Gasteiger partial charge is 0.304 e. The standard InChI is InChI=1S/C25H23FN4O2/c1-29(2)21-14-8-17(9-15-21)16-30-23(18-6-4-3-5-7-18)22(25(32)28-30)27-24(31)19-10-12-20(26)13-11-19/h3-16,22-23H,1-2H3,(H-,27,28,31,32)/p+1/t22-,23+/m0/s1. The SMILES string of the molecule is CN(C)c1ccc(/C=[N+]2\NC(=O)[C@@H](NC(=O)c3ccc(F)cc3)[C@H]2c2ccccc2)cc1. The first-order valence-corrected chi connectivity index (χ1v) is 10.2. The van der Waals surface area contributed by atoms with E-state index < -0.39 is 23.8 Å². The summed E-state index contributed by atoms with van der Waals surface area (Å²) in [4.78, 5) is 27.6. The second-order valence-electron chi connectivity index (χ2n) is 7.81. The molecule has 4 rings (SSSR count). The van der Waals surface area contributed by atoms with Crippen molar-refractivity contribution in [3.8, 4) is 0 Å². The van der Waals surface area contributed by atoms with Gasteiger partial charge in [0.25, 0.3) is 5.91 Å². The highest BCUT2D eigenvalue weighted by molar-refractivity contribution is 5.98. The third kappa shape index (κ3) is 4.51. The molecule has 2 N–H and O–H groups in total. The molecule has 7 heteroatoms. The van der Waals surface area contributed by atoms with Gasteiger partial charge in [0.1, 0.15) is 5.82 Å². The highest BCUT2D eigenvalue weighted by atomic mass is 19.1. The van der Waals surface area contributed by atoms with Crippen molar-refractivity contribution in [2.45, 2.75) is 12.1 Å². The van der Waals surface area contributed by atoms with E-state index in [9.17, 15) is 14.0 Å². The number of hydrogen-bond acceptors (Lipinski definition) is 3. The zero-order chi connectivity index (χ0) is 22.7. The minimum absolute atomic E-state index is 0.285. The first-order chi connectivity index (χ1) is 15.4. The van der Waals surface area contributed by atoms with Crippen molar-refractivity contribution in [2.75, 3.05) is 19.0 Å². The molecule has 1 aliphatic rings. The van der Waals surface area contributed by atoms with Crippen molar-refractivity contribution < 1.29 is 18.7 Å². The van der Waals surface area contributed by atoms with Crippen LogP contribution >= 0.6 is 0 Å². The number of amides is 2. The normalized spacial score (nSPS) is 19.0. The van der Waals surface area contributed by atoms with Gasteiger partial charge in [-0.3, -0.25) is 9.59 Å². The molecule has 0 spiro atoms. The number of nitrogens with zero attached hydrogens (tertiary/aromatic N) is 2. The molecule has 3 aromatic rings. The molecule has 6 nitrogen and oxygen atoms in total. The molecule has 2 atom stereocenters. The fourth-order valence-electron chi connectivity index (χ4n) is 3.68. The van der Waals surface area contributed by atoms with E-state index in [4.69, 9.17) is 0 Å². The van der Waals surface area contributed by atoms with Crippen LogP contribution in [0.25, 0.3) is 0 Å². The van der Waals surface area contributed by atoms with Gasteiger partial charge in [-0.1, -0.05) is 30.3 Å². The molecular weight excluding hydrogens is 407 g/mol. The van der Waals surface area contributed by atoms with E-state index in [1.54, 1.807) is 4.68 Å². The Morgan fingerprint density at radius 3 is 2.28 bits per heavy atom. The Balaban J connectivity index is 1.66. The minimum atomic E-state index is -0.827. The van der Waals surface area contributed by atoms with E-state index in [0.29, 0.717) is 0 Å². The molecular formula is C25H24FN4O2+. The lowest BCUT2D eigenvalue weighted by Crippen LogP contribution is -2.42. The van der Waals surface area contributed by atoms with E-state index in [1.807, 2.05) is 79.8 Å². The molecule has 0 saturated carbocycles. The van der Waals surface area contributed by atoms with Gasteiger partial charge in [-0.15, -0.1) is 10.1 Å². The largest absolute Gasteiger partial charge is 0.378 e. The Morgan fingerprint density at radius 1 is 1.00 bits per heavy atom. The zero-order valence-electron chi connectivity index (χ0n) is 17.8. The number of carbonyl (C=O) groups is 2. The van der Waals surface area contributed by atoms with Gasteiger partial charge < -0.3 is 10.2 Å². The predicted octanol–water partition coefficient (Wildman–Crippen LogP) is 2.91. The maximum Gasteiger partial charge on any atom is 0.304 e. The van der Waals surface area contributed by atoms with E-state index in [2.05, 4.69) is 10.7 Å². The number of hydrogen-bond donors (Lipinski definition) is 2. The molecule has 3 aromatic carbocycles. The highest BCUT2D eigenvalue weighted by Crippen LogP contribution is 2.25. The van der Waals surface area contributed by atoms with Gasteiger partial charge in [0, 0.05) is 36.5 Å². The number of hydrazone groups is 1. The summed E-state index contributed by atoms with van der Waals surface area (Å²) in [5, 5.41) is 2.81. The average molecular weight is 431 g/mol. The number of halogens is 1. The van der Waals surface area contributed by atoms with Crippen molar-refractivity contribution in [3.63, 3.8) is 0 Å². The zero-order valence-corrected chi connectivity index (χ0v) is 17.8. The Hall–Kier alpha value is -4.00. The molecule has 1 heterocycles. The van der Waals surface area contributed by atoms with Crippen LogP contribution in [0.15, 0.2) is 78.9 Å². The maximum absolute atomic E-state index is 13.2. The fourth-order valence-corrected chi connectivity index (χ4v) is 3.68. The molecule has 1 aliphatic heterocycles. The Bertz CT molecular complexity index is 1140. The maximum atomic E-state index is 13.2. The molecule has 0 aliphatic carbocycles. The molecule has 1 saturated heterocycles. The van der Waals surface area contributed by atoms with E-state index in [1.165, 1.54) is 24.3 Å². The topological polar surface area (TPSA) is 64.5 Å². The molecule has 1 fully saturated rings. The van der Waals surface area contributed by atoms with E-state index in [0.717, 1.165) is 16.8 Å². The lowest BCUT2D eigenvalue weighted by atomic mass is 10.00. The van der Waals surface area contributed by atoms with E-state index in [-0.39, 0.29) is 11.5 Å². The summed E-state index contributed by atoms with van der Waals surface area (Å²) < 4.78 is 14.9. The number of rotatable bonds is 5. The van der Waals surface area contributed by atoms with Crippen LogP contribution in [0.4, 0.5) is 10.1 Å². The van der Waals surface area contributed by atoms with Crippen LogP contribution in [-0.2, 0) is 4.79 Å². The lowest BCUT2D eigenvalue weighted by molar-refractivity contribution is -0.596. The van der Waals surface area contributed by atoms with Gasteiger partial charge in [0.2, 0.25) is 12.3 Å². The van der Waals surface area contributed by atoms with Crippen LogP contribution in [0, 0.1) is 5.82 Å². The minimum Gasteiger partial charge on any atom is -0.378 e. The van der Waals surface area contributed by atoms with Crippen LogP contribution in [0.1, 0.15) is 27.5 Å². The summed E-state index contributed by atoms with van der Waals surface area (Å²) in [7, 11) is 3.94. The van der Waals surface area contributed by atoms with Crippen LogP contribution < -0.4 is 15.6 Å². The number of anilines is 1. The molecule has 0 unspecified atom stereocenters.